The Hall–Kier alpha value is -2.08. The average molecular weight is 263 g/mol. The lowest BCUT2D eigenvalue weighted by Crippen LogP contribution is -2.47. The van der Waals surface area contributed by atoms with Crippen molar-refractivity contribution in [3.05, 3.63) is 29.8 Å². The topological polar surface area (TPSA) is 104 Å². The minimum absolute atomic E-state index is 0.0580. The summed E-state index contributed by atoms with van der Waals surface area (Å²) in [5.41, 5.74) is 6.70. The normalized spacial score (nSPS) is 19.8. The lowest BCUT2D eigenvalue weighted by Gasteiger charge is -2.15. The van der Waals surface area contributed by atoms with E-state index in [0.717, 1.165) is 5.56 Å². The number of phenolic OH excluding ortho intramolecular Hbond substituents is 1. The molecule has 0 bridgehead atoms. The van der Waals surface area contributed by atoms with Crippen LogP contribution >= 0.6 is 0 Å². The molecule has 1 aliphatic rings. The van der Waals surface area contributed by atoms with E-state index in [4.69, 9.17) is 10.8 Å². The van der Waals surface area contributed by atoms with Crippen LogP contribution < -0.4 is 16.4 Å². The van der Waals surface area contributed by atoms with Crippen LogP contribution in [0.1, 0.15) is 12.0 Å². The number of amides is 2. The first-order chi connectivity index (χ1) is 9.04. The van der Waals surface area contributed by atoms with Crippen LogP contribution in [-0.2, 0) is 16.0 Å². The quantitative estimate of drug-likeness (QED) is 0.574. The van der Waals surface area contributed by atoms with Crippen LogP contribution in [0.5, 0.6) is 5.75 Å². The predicted molar refractivity (Wildman–Crippen MR) is 69.3 cm³/mol. The zero-order chi connectivity index (χ0) is 13.8. The Kier molecular flexibility index (Phi) is 4.01. The first-order valence-corrected chi connectivity index (χ1v) is 6.15. The molecular weight excluding hydrogens is 246 g/mol. The number of benzene rings is 1. The Bertz CT molecular complexity index is 473. The smallest absolute Gasteiger partial charge is 0.237 e. The van der Waals surface area contributed by atoms with E-state index in [1.165, 1.54) is 0 Å². The van der Waals surface area contributed by atoms with Crippen LogP contribution in [0.3, 0.4) is 0 Å². The standard InChI is InChI=1S/C13H17N3O3/c14-11(5-8-1-3-10(17)4-2-8)13(19)16-9-6-12(18)15-7-9/h1-4,9,11,17H,5-7,14H2,(H,15,18)(H,16,19)/t9?,11-/m0/s1. The van der Waals surface area contributed by atoms with E-state index in [1.807, 2.05) is 0 Å². The van der Waals surface area contributed by atoms with Crippen molar-refractivity contribution in [1.29, 1.82) is 0 Å². The number of carbonyl (C=O) groups excluding carboxylic acids is 2. The first kappa shape index (κ1) is 13.4. The van der Waals surface area contributed by atoms with Gasteiger partial charge < -0.3 is 21.5 Å². The number of phenols is 1. The molecule has 1 saturated heterocycles. The number of nitrogens with one attached hydrogen (secondary N) is 2. The maximum absolute atomic E-state index is 11.9. The van der Waals surface area contributed by atoms with Crippen molar-refractivity contribution in [2.24, 2.45) is 5.73 Å². The van der Waals surface area contributed by atoms with Crippen molar-refractivity contribution in [2.45, 2.75) is 24.9 Å². The molecule has 1 unspecified atom stereocenters. The van der Waals surface area contributed by atoms with Gasteiger partial charge in [-0.25, -0.2) is 0 Å². The molecule has 6 heteroatoms. The zero-order valence-electron chi connectivity index (χ0n) is 10.4. The Balaban J connectivity index is 1.85. The van der Waals surface area contributed by atoms with E-state index >= 15 is 0 Å². The van der Waals surface area contributed by atoms with Gasteiger partial charge in [0.1, 0.15) is 5.75 Å². The highest BCUT2D eigenvalue weighted by molar-refractivity contribution is 5.84. The predicted octanol–water partition coefficient (Wildman–Crippen LogP) is -0.733. The molecule has 6 nitrogen and oxygen atoms in total. The van der Waals surface area contributed by atoms with Gasteiger partial charge in [0.2, 0.25) is 11.8 Å². The summed E-state index contributed by atoms with van der Waals surface area (Å²) in [5, 5.41) is 14.6. The molecular formula is C13H17N3O3. The van der Waals surface area contributed by atoms with Crippen LogP contribution in [0.4, 0.5) is 0 Å². The van der Waals surface area contributed by atoms with Crippen molar-refractivity contribution in [3.8, 4) is 5.75 Å². The molecule has 0 spiro atoms. The van der Waals surface area contributed by atoms with Crippen molar-refractivity contribution in [3.63, 3.8) is 0 Å². The van der Waals surface area contributed by atoms with E-state index in [2.05, 4.69) is 10.6 Å². The van der Waals surface area contributed by atoms with Gasteiger partial charge in [0.25, 0.3) is 0 Å². The first-order valence-electron chi connectivity index (χ1n) is 6.15. The highest BCUT2D eigenvalue weighted by Gasteiger charge is 2.25. The van der Waals surface area contributed by atoms with Crippen LogP contribution in [0.2, 0.25) is 0 Å². The number of rotatable bonds is 4. The molecule has 1 aliphatic heterocycles. The molecule has 1 aromatic rings. The van der Waals surface area contributed by atoms with Gasteiger partial charge in [0.15, 0.2) is 0 Å². The van der Waals surface area contributed by atoms with E-state index in [0.29, 0.717) is 19.4 Å². The molecule has 5 N–H and O–H groups in total. The fourth-order valence-corrected chi connectivity index (χ4v) is 1.99. The number of hydrogen-bond donors (Lipinski definition) is 4. The SMILES string of the molecule is N[C@@H](Cc1ccc(O)cc1)C(=O)NC1CNC(=O)C1. The minimum Gasteiger partial charge on any atom is -0.508 e. The van der Waals surface area contributed by atoms with Gasteiger partial charge in [-0.2, -0.15) is 0 Å². The summed E-state index contributed by atoms with van der Waals surface area (Å²) in [4.78, 5) is 22.9. The van der Waals surface area contributed by atoms with E-state index in [1.54, 1.807) is 24.3 Å². The largest absolute Gasteiger partial charge is 0.508 e. The van der Waals surface area contributed by atoms with Crippen LogP contribution in [-0.4, -0.2) is 35.5 Å². The molecule has 1 heterocycles. The molecule has 0 aliphatic carbocycles. The summed E-state index contributed by atoms with van der Waals surface area (Å²) in [7, 11) is 0. The monoisotopic (exact) mass is 263 g/mol. The molecule has 0 saturated carbocycles. The molecule has 102 valence electrons. The third-order valence-electron chi connectivity index (χ3n) is 3.05. The summed E-state index contributed by atoms with van der Waals surface area (Å²) >= 11 is 0. The minimum atomic E-state index is -0.666. The van der Waals surface area contributed by atoms with Crippen LogP contribution in [0.15, 0.2) is 24.3 Å². The highest BCUT2D eigenvalue weighted by Crippen LogP contribution is 2.11. The second-order valence-electron chi connectivity index (χ2n) is 4.69. The van der Waals surface area contributed by atoms with Crippen LogP contribution in [0.25, 0.3) is 0 Å². The number of carbonyl (C=O) groups is 2. The van der Waals surface area contributed by atoms with E-state index in [-0.39, 0.29) is 23.6 Å². The molecule has 1 fully saturated rings. The second-order valence-corrected chi connectivity index (χ2v) is 4.69. The van der Waals surface area contributed by atoms with E-state index in [9.17, 15) is 9.59 Å². The Labute approximate surface area is 111 Å². The summed E-state index contributed by atoms with van der Waals surface area (Å²) in [6.45, 7) is 0.455. The molecule has 19 heavy (non-hydrogen) atoms. The number of aromatic hydroxyl groups is 1. The summed E-state index contributed by atoms with van der Waals surface area (Å²) in [6.07, 6.45) is 0.692. The maximum atomic E-state index is 11.9. The van der Waals surface area contributed by atoms with Gasteiger partial charge in [-0.3, -0.25) is 9.59 Å². The van der Waals surface area contributed by atoms with Crippen molar-refractivity contribution < 1.29 is 14.7 Å². The van der Waals surface area contributed by atoms with Crippen LogP contribution in [0, 0.1) is 0 Å². The lowest BCUT2D eigenvalue weighted by atomic mass is 10.1. The molecule has 0 aromatic heterocycles. The Morgan fingerprint density at radius 3 is 2.74 bits per heavy atom. The van der Waals surface area contributed by atoms with Crippen molar-refractivity contribution in [1.82, 2.24) is 10.6 Å². The molecule has 2 rings (SSSR count). The van der Waals surface area contributed by atoms with Gasteiger partial charge >= 0.3 is 0 Å². The third kappa shape index (κ3) is 3.69. The lowest BCUT2D eigenvalue weighted by molar-refractivity contribution is -0.123. The van der Waals surface area contributed by atoms with Gasteiger partial charge in [-0.15, -0.1) is 0 Å². The van der Waals surface area contributed by atoms with Gasteiger partial charge in [-0.05, 0) is 24.1 Å². The number of hydrogen-bond acceptors (Lipinski definition) is 4. The molecule has 0 radical (unpaired) electrons. The zero-order valence-corrected chi connectivity index (χ0v) is 10.4. The van der Waals surface area contributed by atoms with Gasteiger partial charge in [0, 0.05) is 13.0 Å². The Morgan fingerprint density at radius 1 is 1.47 bits per heavy atom. The third-order valence-corrected chi connectivity index (χ3v) is 3.05. The molecule has 1 aromatic carbocycles. The average Bonchev–Trinajstić information content (AvgIpc) is 2.77. The van der Waals surface area contributed by atoms with Gasteiger partial charge in [0.05, 0.1) is 12.1 Å². The summed E-state index contributed by atoms with van der Waals surface area (Å²) in [6, 6.07) is 5.72. The fourth-order valence-electron chi connectivity index (χ4n) is 1.99. The summed E-state index contributed by atoms with van der Waals surface area (Å²) < 4.78 is 0. The summed E-state index contributed by atoms with van der Waals surface area (Å²) in [5.74, 6) is -0.149. The Morgan fingerprint density at radius 2 is 2.16 bits per heavy atom. The van der Waals surface area contributed by atoms with Gasteiger partial charge in [-0.1, -0.05) is 12.1 Å². The maximum Gasteiger partial charge on any atom is 0.237 e. The second kappa shape index (κ2) is 5.71. The van der Waals surface area contributed by atoms with Crippen molar-refractivity contribution in [2.75, 3.05) is 6.54 Å². The fraction of sp³-hybridized carbons (Fsp3) is 0.385. The highest BCUT2D eigenvalue weighted by atomic mass is 16.3. The van der Waals surface area contributed by atoms with E-state index < -0.39 is 6.04 Å². The van der Waals surface area contributed by atoms with Crippen molar-refractivity contribution >= 4 is 11.8 Å². The number of nitrogens with two attached hydrogens (primary N) is 1. The molecule has 2 amide bonds. The molecule has 2 atom stereocenters.